The molecule has 21 heavy (non-hydrogen) atoms. The van der Waals surface area contributed by atoms with Crippen molar-refractivity contribution < 1.29 is 14.4 Å². The number of carbonyl (C=O) groups is 1. The molecule has 5 heteroatoms. The second kappa shape index (κ2) is 7.04. The van der Waals surface area contributed by atoms with Gasteiger partial charge in [-0.25, -0.2) is 0 Å². The molecule has 0 saturated carbocycles. The highest BCUT2D eigenvalue weighted by Crippen LogP contribution is 2.13. The maximum Gasteiger partial charge on any atom is 0.224 e. The van der Waals surface area contributed by atoms with Gasteiger partial charge in [-0.3, -0.25) is 4.79 Å². The van der Waals surface area contributed by atoms with Crippen molar-refractivity contribution in [3.8, 4) is 0 Å². The molecule has 1 unspecified atom stereocenters. The van der Waals surface area contributed by atoms with Crippen molar-refractivity contribution in [2.24, 2.45) is 0 Å². The first-order valence-corrected chi connectivity index (χ1v) is 6.96. The molecule has 2 N–H and O–H groups in total. The standard InChI is InChI=1S/C16H20N2O3/c1-11-15(12(2)21-18-11)9-16(20)17-14(10-19)8-13-6-4-3-5-7-13/h3-7,14,19H,8-10H2,1-2H3,(H,17,20). The summed E-state index contributed by atoms with van der Waals surface area (Å²) in [5.41, 5.74) is 2.62. The first kappa shape index (κ1) is 15.3. The number of hydrogen-bond donors (Lipinski definition) is 2. The van der Waals surface area contributed by atoms with Crippen LogP contribution in [-0.2, 0) is 17.6 Å². The number of rotatable bonds is 6. The van der Waals surface area contributed by atoms with Gasteiger partial charge in [0.2, 0.25) is 5.91 Å². The Balaban J connectivity index is 1.94. The summed E-state index contributed by atoms with van der Waals surface area (Å²) >= 11 is 0. The molecule has 1 aromatic heterocycles. The molecule has 1 atom stereocenters. The van der Waals surface area contributed by atoms with Crippen LogP contribution in [0.3, 0.4) is 0 Å². The third-order valence-corrected chi connectivity index (χ3v) is 3.43. The average molecular weight is 288 g/mol. The molecule has 0 radical (unpaired) electrons. The number of benzene rings is 1. The number of hydrogen-bond acceptors (Lipinski definition) is 4. The highest BCUT2D eigenvalue weighted by atomic mass is 16.5. The van der Waals surface area contributed by atoms with E-state index in [9.17, 15) is 9.90 Å². The van der Waals surface area contributed by atoms with Gasteiger partial charge in [-0.1, -0.05) is 35.5 Å². The normalized spacial score (nSPS) is 12.1. The van der Waals surface area contributed by atoms with Crippen LogP contribution < -0.4 is 5.32 Å². The fourth-order valence-corrected chi connectivity index (χ4v) is 2.25. The Bertz CT molecular complexity index is 573. The number of aliphatic hydroxyl groups excluding tert-OH is 1. The van der Waals surface area contributed by atoms with E-state index in [1.807, 2.05) is 37.3 Å². The molecule has 0 spiro atoms. The second-order valence-electron chi connectivity index (χ2n) is 5.12. The van der Waals surface area contributed by atoms with E-state index in [4.69, 9.17) is 4.52 Å². The lowest BCUT2D eigenvalue weighted by molar-refractivity contribution is -0.121. The minimum atomic E-state index is -0.291. The van der Waals surface area contributed by atoms with Gasteiger partial charge in [0.1, 0.15) is 5.76 Å². The molecular weight excluding hydrogens is 268 g/mol. The minimum absolute atomic E-state index is 0.0950. The molecule has 2 rings (SSSR count). The predicted molar refractivity (Wildman–Crippen MR) is 78.8 cm³/mol. The summed E-state index contributed by atoms with van der Waals surface area (Å²) in [6, 6.07) is 9.48. The van der Waals surface area contributed by atoms with Crippen LogP contribution in [0.1, 0.15) is 22.6 Å². The molecule has 112 valence electrons. The van der Waals surface area contributed by atoms with Crippen LogP contribution >= 0.6 is 0 Å². The lowest BCUT2D eigenvalue weighted by atomic mass is 10.1. The molecule has 0 bridgehead atoms. The van der Waals surface area contributed by atoms with Gasteiger partial charge in [-0.2, -0.15) is 0 Å². The van der Waals surface area contributed by atoms with Gasteiger partial charge in [0, 0.05) is 5.56 Å². The van der Waals surface area contributed by atoms with Gasteiger partial charge in [0.25, 0.3) is 0 Å². The SMILES string of the molecule is Cc1noc(C)c1CC(=O)NC(CO)Cc1ccccc1. The Morgan fingerprint density at radius 1 is 1.33 bits per heavy atom. The van der Waals surface area contributed by atoms with Crippen molar-refractivity contribution in [3.05, 3.63) is 52.9 Å². The molecule has 5 nitrogen and oxygen atoms in total. The first-order chi connectivity index (χ1) is 10.1. The Hall–Kier alpha value is -2.14. The monoisotopic (exact) mass is 288 g/mol. The molecule has 0 aliphatic rings. The summed E-state index contributed by atoms with van der Waals surface area (Å²) in [4.78, 5) is 12.1. The number of nitrogens with zero attached hydrogens (tertiary/aromatic N) is 1. The minimum Gasteiger partial charge on any atom is -0.394 e. The molecular formula is C16H20N2O3. The van der Waals surface area contributed by atoms with E-state index in [2.05, 4.69) is 10.5 Å². The maximum absolute atomic E-state index is 12.1. The Morgan fingerprint density at radius 2 is 2.05 bits per heavy atom. The summed E-state index contributed by atoms with van der Waals surface area (Å²) < 4.78 is 5.04. The summed E-state index contributed by atoms with van der Waals surface area (Å²) in [5, 5.41) is 16.1. The zero-order valence-corrected chi connectivity index (χ0v) is 12.3. The average Bonchev–Trinajstić information content (AvgIpc) is 2.79. The quantitative estimate of drug-likeness (QED) is 0.845. The summed E-state index contributed by atoms with van der Waals surface area (Å²) in [7, 11) is 0. The van der Waals surface area contributed by atoms with Gasteiger partial charge in [-0.05, 0) is 25.8 Å². The van der Waals surface area contributed by atoms with Crippen molar-refractivity contribution in [1.82, 2.24) is 10.5 Å². The molecule has 0 fully saturated rings. The topological polar surface area (TPSA) is 75.4 Å². The van der Waals surface area contributed by atoms with Crippen molar-refractivity contribution in [2.45, 2.75) is 32.7 Å². The second-order valence-corrected chi connectivity index (χ2v) is 5.12. The maximum atomic E-state index is 12.1. The number of nitrogens with one attached hydrogen (secondary N) is 1. The number of amides is 1. The lowest BCUT2D eigenvalue weighted by Gasteiger charge is -2.16. The third-order valence-electron chi connectivity index (χ3n) is 3.43. The van der Waals surface area contributed by atoms with E-state index in [0.29, 0.717) is 12.2 Å². The van der Waals surface area contributed by atoms with Crippen LogP contribution in [0.2, 0.25) is 0 Å². The van der Waals surface area contributed by atoms with Gasteiger partial charge in [0.15, 0.2) is 0 Å². The summed E-state index contributed by atoms with van der Waals surface area (Å²) in [6.07, 6.45) is 0.817. The van der Waals surface area contributed by atoms with E-state index in [1.165, 1.54) is 0 Å². The Kier molecular flexibility index (Phi) is 5.11. The highest BCUT2D eigenvalue weighted by molar-refractivity contribution is 5.79. The summed E-state index contributed by atoms with van der Waals surface area (Å²) in [5.74, 6) is 0.519. The third kappa shape index (κ3) is 4.16. The number of carbonyl (C=O) groups excluding carboxylic acids is 1. The smallest absolute Gasteiger partial charge is 0.224 e. The largest absolute Gasteiger partial charge is 0.394 e. The van der Waals surface area contributed by atoms with Crippen LogP contribution in [0.15, 0.2) is 34.9 Å². The van der Waals surface area contributed by atoms with Gasteiger partial charge >= 0.3 is 0 Å². The highest BCUT2D eigenvalue weighted by Gasteiger charge is 2.16. The number of aromatic nitrogens is 1. The fraction of sp³-hybridized carbons (Fsp3) is 0.375. The van der Waals surface area contributed by atoms with Gasteiger partial charge in [0.05, 0.1) is 24.8 Å². The molecule has 1 heterocycles. The summed E-state index contributed by atoms with van der Waals surface area (Å²) in [6.45, 7) is 3.50. The zero-order valence-electron chi connectivity index (χ0n) is 12.3. The van der Waals surface area contributed by atoms with Crippen LogP contribution in [0.25, 0.3) is 0 Å². The fourth-order valence-electron chi connectivity index (χ4n) is 2.25. The van der Waals surface area contributed by atoms with E-state index in [-0.39, 0.29) is 25.0 Å². The first-order valence-electron chi connectivity index (χ1n) is 6.96. The van der Waals surface area contributed by atoms with Gasteiger partial charge in [-0.15, -0.1) is 0 Å². The molecule has 0 aliphatic heterocycles. The molecule has 1 amide bonds. The van der Waals surface area contributed by atoms with Crippen LogP contribution in [-0.4, -0.2) is 28.8 Å². The van der Waals surface area contributed by atoms with Crippen molar-refractivity contribution >= 4 is 5.91 Å². The van der Waals surface area contributed by atoms with Crippen LogP contribution in [0.4, 0.5) is 0 Å². The molecule has 0 aliphatic carbocycles. The van der Waals surface area contributed by atoms with E-state index >= 15 is 0 Å². The van der Waals surface area contributed by atoms with E-state index in [0.717, 1.165) is 16.8 Å². The van der Waals surface area contributed by atoms with Crippen LogP contribution in [0, 0.1) is 13.8 Å². The van der Waals surface area contributed by atoms with Crippen molar-refractivity contribution in [3.63, 3.8) is 0 Å². The molecule has 0 saturated heterocycles. The predicted octanol–water partition coefficient (Wildman–Crippen LogP) is 1.55. The van der Waals surface area contributed by atoms with Crippen molar-refractivity contribution in [1.29, 1.82) is 0 Å². The van der Waals surface area contributed by atoms with Crippen LogP contribution in [0.5, 0.6) is 0 Å². The zero-order chi connectivity index (χ0) is 15.2. The number of aliphatic hydroxyl groups is 1. The molecule has 1 aromatic carbocycles. The van der Waals surface area contributed by atoms with E-state index in [1.54, 1.807) is 6.92 Å². The number of aryl methyl sites for hydroxylation is 2. The Morgan fingerprint density at radius 3 is 2.62 bits per heavy atom. The van der Waals surface area contributed by atoms with Gasteiger partial charge < -0.3 is 14.9 Å². The van der Waals surface area contributed by atoms with E-state index < -0.39 is 0 Å². The lowest BCUT2D eigenvalue weighted by Crippen LogP contribution is -2.40. The van der Waals surface area contributed by atoms with Crippen molar-refractivity contribution in [2.75, 3.05) is 6.61 Å². The Labute approximate surface area is 124 Å². The molecule has 2 aromatic rings.